The van der Waals surface area contributed by atoms with Crippen molar-refractivity contribution in [3.63, 3.8) is 0 Å². The summed E-state index contributed by atoms with van der Waals surface area (Å²) in [7, 11) is 0. The molecular weight excluding hydrogens is 353 g/mol. The second-order valence-corrected chi connectivity index (χ2v) is 7.60. The smallest absolute Gasteiger partial charge is 0.138 e. The third-order valence-corrected chi connectivity index (χ3v) is 5.53. The molecule has 1 heterocycles. The van der Waals surface area contributed by atoms with Gasteiger partial charge in [-0.15, -0.1) is 0 Å². The van der Waals surface area contributed by atoms with Crippen LogP contribution in [-0.4, -0.2) is 16.1 Å². The van der Waals surface area contributed by atoms with Crippen molar-refractivity contribution in [2.24, 2.45) is 0 Å². The topological polar surface area (TPSA) is 57.2 Å². The molecule has 2 aromatic carbocycles. The van der Waals surface area contributed by atoms with Crippen LogP contribution >= 0.6 is 0 Å². The average molecular weight is 379 g/mol. The van der Waals surface area contributed by atoms with E-state index in [1.807, 2.05) is 25.1 Å². The Balaban J connectivity index is 1.68. The van der Waals surface area contributed by atoms with Crippen molar-refractivity contribution in [2.45, 2.75) is 51.3 Å². The average Bonchev–Trinajstić information content (AvgIpc) is 2.69. The Labute approximate surface area is 164 Å². The van der Waals surface area contributed by atoms with E-state index in [9.17, 15) is 9.50 Å². The van der Waals surface area contributed by atoms with Crippen LogP contribution in [0, 0.1) is 12.7 Å². The quantitative estimate of drug-likeness (QED) is 0.524. The number of aliphatic hydroxyl groups is 1. The van der Waals surface area contributed by atoms with Gasteiger partial charge in [-0.1, -0.05) is 43.5 Å². The minimum atomic E-state index is -0.762. The fourth-order valence-electron chi connectivity index (χ4n) is 4.11. The summed E-state index contributed by atoms with van der Waals surface area (Å²) in [5, 5.41) is 19.4. The molecule has 0 radical (unpaired) electrons. The van der Waals surface area contributed by atoms with Gasteiger partial charge in [-0.3, -0.25) is 5.32 Å². The van der Waals surface area contributed by atoms with E-state index >= 15 is 0 Å². The number of aliphatic hydroxyl groups excluding tert-OH is 1. The number of aromatic nitrogens is 1. The van der Waals surface area contributed by atoms with E-state index in [4.69, 9.17) is 0 Å². The summed E-state index contributed by atoms with van der Waals surface area (Å²) in [6.07, 6.45) is 6.84. The minimum Gasteiger partial charge on any atom is -0.374 e. The van der Waals surface area contributed by atoms with Crippen LogP contribution in [0.15, 0.2) is 48.7 Å². The number of hydrogen-bond acceptors (Lipinski definition) is 4. The molecule has 1 aliphatic rings. The summed E-state index contributed by atoms with van der Waals surface area (Å²) in [4.78, 5) is 4.55. The van der Waals surface area contributed by atoms with Crippen molar-refractivity contribution in [3.8, 4) is 0 Å². The van der Waals surface area contributed by atoms with Crippen molar-refractivity contribution in [1.82, 2.24) is 10.3 Å². The number of nitrogens with one attached hydrogen (secondary N) is 2. The number of hydrogen-bond donors (Lipinski definition) is 3. The maximum atomic E-state index is 13.5. The molecule has 1 unspecified atom stereocenters. The van der Waals surface area contributed by atoms with Crippen LogP contribution in [0.1, 0.15) is 49.5 Å². The van der Waals surface area contributed by atoms with Crippen molar-refractivity contribution in [2.75, 3.05) is 5.32 Å². The number of nitrogens with zero attached hydrogens (tertiary/aromatic N) is 1. The van der Waals surface area contributed by atoms with Crippen molar-refractivity contribution in [3.05, 3.63) is 65.6 Å². The molecule has 146 valence electrons. The zero-order valence-corrected chi connectivity index (χ0v) is 16.1. The molecule has 0 aliphatic heterocycles. The number of pyridine rings is 1. The molecule has 1 saturated carbocycles. The SMILES string of the molecule is Cc1cccc2c(Nc3cccc(F)c3)ncc(C(O)NC3CCCCC3)c12. The molecular formula is C23H26FN3O. The lowest BCUT2D eigenvalue weighted by Crippen LogP contribution is -2.34. The molecule has 0 saturated heterocycles. The van der Waals surface area contributed by atoms with E-state index < -0.39 is 6.23 Å². The maximum Gasteiger partial charge on any atom is 0.138 e. The first kappa shape index (κ1) is 18.8. The summed E-state index contributed by atoms with van der Waals surface area (Å²) in [5.41, 5.74) is 2.49. The fraction of sp³-hybridized carbons (Fsp3) is 0.348. The predicted octanol–water partition coefficient (Wildman–Crippen LogP) is 5.34. The first-order valence-corrected chi connectivity index (χ1v) is 9.97. The molecule has 5 heteroatoms. The van der Waals surface area contributed by atoms with Gasteiger partial charge in [0.1, 0.15) is 17.9 Å². The monoisotopic (exact) mass is 379 g/mol. The van der Waals surface area contributed by atoms with Crippen LogP contribution in [0.4, 0.5) is 15.9 Å². The lowest BCUT2D eigenvalue weighted by atomic mass is 9.94. The van der Waals surface area contributed by atoms with E-state index in [2.05, 4.69) is 15.6 Å². The minimum absolute atomic E-state index is 0.297. The van der Waals surface area contributed by atoms with Gasteiger partial charge in [-0.2, -0.15) is 0 Å². The van der Waals surface area contributed by atoms with Crippen LogP contribution in [0.2, 0.25) is 0 Å². The van der Waals surface area contributed by atoms with Gasteiger partial charge in [-0.05, 0) is 48.9 Å². The largest absolute Gasteiger partial charge is 0.374 e. The van der Waals surface area contributed by atoms with Gasteiger partial charge in [0.05, 0.1) is 0 Å². The standard InChI is InChI=1S/C23H26FN3O/c1-15-7-5-12-19-21(15)20(23(28)27-17-9-3-2-4-10-17)14-25-22(19)26-18-11-6-8-16(24)13-18/h5-8,11-14,17,23,27-28H,2-4,9-10H2,1H3,(H,25,26). The first-order chi connectivity index (χ1) is 13.6. The molecule has 1 atom stereocenters. The highest BCUT2D eigenvalue weighted by atomic mass is 19.1. The van der Waals surface area contributed by atoms with E-state index in [-0.39, 0.29) is 5.82 Å². The predicted molar refractivity (Wildman–Crippen MR) is 111 cm³/mol. The zero-order chi connectivity index (χ0) is 19.5. The molecule has 1 fully saturated rings. The Hall–Kier alpha value is -2.50. The van der Waals surface area contributed by atoms with E-state index in [1.54, 1.807) is 18.3 Å². The highest BCUT2D eigenvalue weighted by molar-refractivity contribution is 5.97. The molecule has 28 heavy (non-hydrogen) atoms. The van der Waals surface area contributed by atoms with Crippen LogP contribution in [-0.2, 0) is 0 Å². The van der Waals surface area contributed by atoms with Crippen LogP contribution in [0.3, 0.4) is 0 Å². The molecule has 0 amide bonds. The Kier molecular flexibility index (Phi) is 5.55. The van der Waals surface area contributed by atoms with Crippen molar-refractivity contribution < 1.29 is 9.50 Å². The van der Waals surface area contributed by atoms with Gasteiger partial charge in [0, 0.05) is 28.9 Å². The van der Waals surface area contributed by atoms with Crippen LogP contribution < -0.4 is 10.6 Å². The maximum absolute atomic E-state index is 13.5. The summed E-state index contributed by atoms with van der Waals surface area (Å²) in [6, 6.07) is 12.7. The van der Waals surface area contributed by atoms with Gasteiger partial charge < -0.3 is 10.4 Å². The molecule has 3 N–H and O–H groups in total. The summed E-state index contributed by atoms with van der Waals surface area (Å²) in [5.74, 6) is 0.354. The lowest BCUT2D eigenvalue weighted by Gasteiger charge is -2.27. The number of rotatable bonds is 5. The summed E-state index contributed by atoms with van der Waals surface area (Å²) < 4.78 is 13.5. The number of aryl methyl sites for hydroxylation is 1. The second-order valence-electron chi connectivity index (χ2n) is 7.60. The van der Waals surface area contributed by atoms with Crippen LogP contribution in [0.25, 0.3) is 10.8 Å². The second kappa shape index (κ2) is 8.25. The van der Waals surface area contributed by atoms with Crippen molar-refractivity contribution >= 4 is 22.3 Å². The molecule has 4 nitrogen and oxygen atoms in total. The Morgan fingerprint density at radius 3 is 2.68 bits per heavy atom. The lowest BCUT2D eigenvalue weighted by molar-refractivity contribution is 0.115. The third kappa shape index (κ3) is 4.01. The Bertz CT molecular complexity index is 969. The van der Waals surface area contributed by atoms with Gasteiger partial charge >= 0.3 is 0 Å². The first-order valence-electron chi connectivity index (χ1n) is 9.97. The van der Waals surface area contributed by atoms with E-state index in [0.29, 0.717) is 17.5 Å². The number of benzene rings is 2. The highest BCUT2D eigenvalue weighted by Gasteiger charge is 2.20. The summed E-state index contributed by atoms with van der Waals surface area (Å²) >= 11 is 0. The third-order valence-electron chi connectivity index (χ3n) is 5.53. The number of fused-ring (bicyclic) bond motifs is 1. The van der Waals surface area contributed by atoms with Gasteiger partial charge in [0.25, 0.3) is 0 Å². The van der Waals surface area contributed by atoms with Crippen molar-refractivity contribution in [1.29, 1.82) is 0 Å². The number of anilines is 2. The molecule has 1 aliphatic carbocycles. The molecule has 0 bridgehead atoms. The van der Waals surface area contributed by atoms with E-state index in [1.165, 1.54) is 31.4 Å². The molecule has 1 aromatic heterocycles. The Morgan fingerprint density at radius 1 is 1.11 bits per heavy atom. The van der Waals surface area contributed by atoms with E-state index in [0.717, 1.165) is 34.7 Å². The number of halogens is 1. The molecule has 0 spiro atoms. The summed E-state index contributed by atoms with van der Waals surface area (Å²) in [6.45, 7) is 2.03. The Morgan fingerprint density at radius 2 is 1.89 bits per heavy atom. The highest BCUT2D eigenvalue weighted by Crippen LogP contribution is 2.32. The molecule has 3 aromatic rings. The van der Waals surface area contributed by atoms with Gasteiger partial charge in [0.2, 0.25) is 0 Å². The zero-order valence-electron chi connectivity index (χ0n) is 16.1. The van der Waals surface area contributed by atoms with Gasteiger partial charge in [0.15, 0.2) is 0 Å². The van der Waals surface area contributed by atoms with Gasteiger partial charge in [-0.25, -0.2) is 9.37 Å². The molecule has 4 rings (SSSR count). The van der Waals surface area contributed by atoms with Crippen LogP contribution in [0.5, 0.6) is 0 Å². The normalized spacial score (nSPS) is 16.2. The fourth-order valence-corrected chi connectivity index (χ4v) is 4.11.